The predicted molar refractivity (Wildman–Crippen MR) is 82.6 cm³/mol. The molecule has 4 rings (SSSR count). The molecule has 1 aliphatic rings. The van der Waals surface area contributed by atoms with E-state index < -0.39 is 0 Å². The molecule has 0 radical (unpaired) electrons. The molecule has 0 atom stereocenters. The second-order valence-corrected chi connectivity index (χ2v) is 5.64. The lowest BCUT2D eigenvalue weighted by molar-refractivity contribution is 0.245. The molecule has 5 heteroatoms. The normalized spacial score (nSPS) is 15.0. The zero-order valence-corrected chi connectivity index (χ0v) is 12.5. The Labute approximate surface area is 128 Å². The fourth-order valence-corrected chi connectivity index (χ4v) is 3.08. The lowest BCUT2D eigenvalue weighted by Crippen LogP contribution is -2.30. The minimum Gasteiger partial charge on any atom is -0.497 e. The largest absolute Gasteiger partial charge is 0.497 e. The lowest BCUT2D eigenvalue weighted by Gasteiger charge is -2.29. The van der Waals surface area contributed by atoms with Gasteiger partial charge in [-0.2, -0.15) is 0 Å². The van der Waals surface area contributed by atoms with Crippen molar-refractivity contribution >= 4 is 11.0 Å². The summed E-state index contributed by atoms with van der Waals surface area (Å²) < 4.78 is 10.1. The van der Waals surface area contributed by atoms with Gasteiger partial charge in [-0.25, -0.2) is 4.63 Å². The van der Waals surface area contributed by atoms with Crippen LogP contribution in [0.15, 0.2) is 41.0 Å². The Morgan fingerprint density at radius 1 is 1.18 bits per heavy atom. The zero-order chi connectivity index (χ0) is 14.9. The van der Waals surface area contributed by atoms with Crippen molar-refractivity contribution in [1.82, 2.24) is 15.2 Å². The highest BCUT2D eigenvalue weighted by Gasteiger charge is 2.18. The van der Waals surface area contributed by atoms with E-state index in [1.807, 2.05) is 18.2 Å². The SMILES string of the molecule is COc1ccc2c(c1)CCN(Cc1cccc3nonc13)C2. The number of rotatable bonds is 3. The van der Waals surface area contributed by atoms with Gasteiger partial charge in [-0.1, -0.05) is 18.2 Å². The van der Waals surface area contributed by atoms with Crippen LogP contribution in [0.25, 0.3) is 11.0 Å². The van der Waals surface area contributed by atoms with Crippen molar-refractivity contribution in [3.8, 4) is 5.75 Å². The summed E-state index contributed by atoms with van der Waals surface area (Å²) >= 11 is 0. The maximum absolute atomic E-state index is 5.30. The van der Waals surface area contributed by atoms with E-state index in [0.717, 1.165) is 48.4 Å². The number of methoxy groups -OCH3 is 1. The van der Waals surface area contributed by atoms with Crippen LogP contribution in [0.2, 0.25) is 0 Å². The van der Waals surface area contributed by atoms with E-state index in [-0.39, 0.29) is 0 Å². The highest BCUT2D eigenvalue weighted by Crippen LogP contribution is 2.25. The van der Waals surface area contributed by atoms with E-state index in [1.165, 1.54) is 11.1 Å². The highest BCUT2D eigenvalue weighted by molar-refractivity contribution is 5.76. The lowest BCUT2D eigenvalue weighted by atomic mass is 9.99. The molecule has 22 heavy (non-hydrogen) atoms. The van der Waals surface area contributed by atoms with Gasteiger partial charge in [0.1, 0.15) is 16.8 Å². The van der Waals surface area contributed by atoms with Crippen LogP contribution in [-0.4, -0.2) is 28.9 Å². The molecule has 112 valence electrons. The summed E-state index contributed by atoms with van der Waals surface area (Å²) in [7, 11) is 1.71. The summed E-state index contributed by atoms with van der Waals surface area (Å²) in [5.41, 5.74) is 5.60. The first-order valence-corrected chi connectivity index (χ1v) is 7.42. The van der Waals surface area contributed by atoms with Crippen molar-refractivity contribution in [2.75, 3.05) is 13.7 Å². The van der Waals surface area contributed by atoms with Crippen molar-refractivity contribution in [3.63, 3.8) is 0 Å². The minimum absolute atomic E-state index is 0.819. The van der Waals surface area contributed by atoms with Crippen LogP contribution in [0.3, 0.4) is 0 Å². The molecule has 3 aromatic rings. The number of hydrogen-bond acceptors (Lipinski definition) is 5. The van der Waals surface area contributed by atoms with Crippen LogP contribution in [0.5, 0.6) is 5.75 Å². The summed E-state index contributed by atoms with van der Waals surface area (Å²) in [5.74, 6) is 0.936. The smallest absolute Gasteiger partial charge is 0.139 e. The maximum atomic E-state index is 5.30. The van der Waals surface area contributed by atoms with Crippen LogP contribution in [0.4, 0.5) is 0 Å². The second-order valence-electron chi connectivity index (χ2n) is 5.64. The van der Waals surface area contributed by atoms with E-state index in [9.17, 15) is 0 Å². The van der Waals surface area contributed by atoms with Crippen molar-refractivity contribution in [3.05, 3.63) is 53.1 Å². The molecule has 0 fully saturated rings. The third-order valence-corrected chi connectivity index (χ3v) is 4.27. The highest BCUT2D eigenvalue weighted by atomic mass is 16.6. The monoisotopic (exact) mass is 295 g/mol. The first-order chi connectivity index (χ1) is 10.8. The molecule has 0 bridgehead atoms. The van der Waals surface area contributed by atoms with E-state index in [0.29, 0.717) is 0 Å². The Hall–Kier alpha value is -2.40. The number of hydrogen-bond donors (Lipinski definition) is 0. The van der Waals surface area contributed by atoms with Crippen LogP contribution < -0.4 is 4.74 Å². The van der Waals surface area contributed by atoms with Crippen LogP contribution >= 0.6 is 0 Å². The molecule has 0 saturated carbocycles. The summed E-state index contributed by atoms with van der Waals surface area (Å²) in [6.45, 7) is 2.83. The zero-order valence-electron chi connectivity index (χ0n) is 12.5. The average molecular weight is 295 g/mol. The standard InChI is InChI=1S/C17H17N3O2/c1-21-15-6-5-13-10-20(8-7-12(13)9-15)11-14-3-2-4-16-17(14)19-22-18-16/h2-6,9H,7-8,10-11H2,1H3. The van der Waals surface area contributed by atoms with E-state index in [1.54, 1.807) is 7.11 Å². The van der Waals surface area contributed by atoms with Crippen LogP contribution in [-0.2, 0) is 19.5 Å². The molecule has 0 saturated heterocycles. The molecule has 0 unspecified atom stereocenters. The van der Waals surface area contributed by atoms with Gasteiger partial charge in [-0.3, -0.25) is 4.90 Å². The number of fused-ring (bicyclic) bond motifs is 2. The van der Waals surface area contributed by atoms with Gasteiger partial charge < -0.3 is 4.74 Å². The maximum Gasteiger partial charge on any atom is 0.139 e. The van der Waals surface area contributed by atoms with Gasteiger partial charge in [-0.05, 0) is 51.6 Å². The third-order valence-electron chi connectivity index (χ3n) is 4.27. The van der Waals surface area contributed by atoms with Gasteiger partial charge in [-0.15, -0.1) is 0 Å². The minimum atomic E-state index is 0.819. The number of aromatic nitrogens is 2. The number of ether oxygens (including phenoxy) is 1. The van der Waals surface area contributed by atoms with Gasteiger partial charge in [0.2, 0.25) is 0 Å². The van der Waals surface area contributed by atoms with Crippen LogP contribution in [0, 0.1) is 0 Å². The van der Waals surface area contributed by atoms with Gasteiger partial charge in [0.05, 0.1) is 7.11 Å². The second kappa shape index (κ2) is 5.42. The summed E-state index contributed by atoms with van der Waals surface area (Å²) in [6, 6.07) is 12.4. The molecule has 2 aromatic carbocycles. The summed E-state index contributed by atoms with van der Waals surface area (Å²) in [5, 5.41) is 7.93. The Bertz CT molecular complexity index is 813. The Balaban J connectivity index is 1.56. The summed E-state index contributed by atoms with van der Waals surface area (Å²) in [4.78, 5) is 2.43. The Kier molecular flexibility index (Phi) is 3.27. The van der Waals surface area contributed by atoms with Crippen molar-refractivity contribution < 1.29 is 9.37 Å². The molecule has 0 spiro atoms. The molecule has 0 aliphatic carbocycles. The van der Waals surface area contributed by atoms with E-state index >= 15 is 0 Å². The van der Waals surface area contributed by atoms with E-state index in [2.05, 4.69) is 33.4 Å². The Morgan fingerprint density at radius 2 is 2.14 bits per heavy atom. The number of benzene rings is 2. The first-order valence-electron chi connectivity index (χ1n) is 7.42. The first kappa shape index (κ1) is 13.3. The van der Waals surface area contributed by atoms with E-state index in [4.69, 9.17) is 9.37 Å². The third kappa shape index (κ3) is 2.33. The van der Waals surface area contributed by atoms with Gasteiger partial charge in [0.15, 0.2) is 0 Å². The van der Waals surface area contributed by atoms with Gasteiger partial charge in [0.25, 0.3) is 0 Å². The van der Waals surface area contributed by atoms with Gasteiger partial charge in [0, 0.05) is 19.6 Å². The van der Waals surface area contributed by atoms with Crippen LogP contribution in [0.1, 0.15) is 16.7 Å². The number of nitrogens with zero attached hydrogens (tertiary/aromatic N) is 3. The molecule has 0 N–H and O–H groups in total. The molecular formula is C17H17N3O2. The van der Waals surface area contributed by atoms with Gasteiger partial charge >= 0.3 is 0 Å². The molecule has 2 heterocycles. The van der Waals surface area contributed by atoms with Crippen molar-refractivity contribution in [2.45, 2.75) is 19.5 Å². The average Bonchev–Trinajstić information content (AvgIpc) is 3.04. The molecule has 1 aromatic heterocycles. The van der Waals surface area contributed by atoms with Crippen molar-refractivity contribution in [1.29, 1.82) is 0 Å². The molecule has 0 amide bonds. The fraction of sp³-hybridized carbons (Fsp3) is 0.294. The summed E-state index contributed by atoms with van der Waals surface area (Å²) in [6.07, 6.45) is 1.04. The van der Waals surface area contributed by atoms with Crippen molar-refractivity contribution in [2.24, 2.45) is 0 Å². The molecule has 1 aliphatic heterocycles. The topological polar surface area (TPSA) is 51.4 Å². The fourth-order valence-electron chi connectivity index (χ4n) is 3.08. The quantitative estimate of drug-likeness (QED) is 0.743. The Morgan fingerprint density at radius 3 is 3.05 bits per heavy atom. The molecular weight excluding hydrogens is 278 g/mol. The molecule has 5 nitrogen and oxygen atoms in total. The predicted octanol–water partition coefficient (Wildman–Crippen LogP) is 2.79.